The number of ether oxygens (including phenoxy) is 3. The molecule has 1 aromatic heterocycles. The number of hydrogen-bond donors (Lipinski definition) is 1. The Hall–Kier alpha value is -4.27. The highest BCUT2D eigenvalue weighted by atomic mass is 16.5. The number of nitrogens with zero attached hydrogens (tertiary/aromatic N) is 1. The minimum Gasteiger partial charge on any atom is -0.462 e. The number of para-hydroxylation sites is 1. The fraction of sp³-hybridized carbons (Fsp3) is 0.240. The summed E-state index contributed by atoms with van der Waals surface area (Å²) >= 11 is 0. The molecule has 9 heteroatoms. The van der Waals surface area contributed by atoms with Crippen LogP contribution < -0.4 is 5.32 Å². The Kier molecular flexibility index (Phi) is 7.92. The first-order chi connectivity index (χ1) is 16.3. The first-order valence-corrected chi connectivity index (χ1v) is 10.6. The van der Waals surface area contributed by atoms with Crippen molar-refractivity contribution in [3.63, 3.8) is 0 Å². The molecule has 0 radical (unpaired) electrons. The number of benzene rings is 2. The predicted octanol–water partition coefficient (Wildman–Crippen LogP) is 3.69. The van der Waals surface area contributed by atoms with E-state index in [4.69, 9.17) is 14.2 Å². The van der Waals surface area contributed by atoms with Crippen LogP contribution in [0.25, 0.3) is 10.9 Å². The third-order valence-corrected chi connectivity index (χ3v) is 4.64. The summed E-state index contributed by atoms with van der Waals surface area (Å²) in [5.74, 6) is -2.64. The number of anilines is 1. The maximum absolute atomic E-state index is 12.6. The first-order valence-electron chi connectivity index (χ1n) is 10.6. The van der Waals surface area contributed by atoms with E-state index >= 15 is 0 Å². The average Bonchev–Trinajstić information content (AvgIpc) is 2.82. The molecule has 0 aliphatic rings. The van der Waals surface area contributed by atoms with Crippen molar-refractivity contribution in [2.24, 2.45) is 0 Å². The van der Waals surface area contributed by atoms with Crippen LogP contribution in [-0.4, -0.2) is 48.6 Å². The van der Waals surface area contributed by atoms with Crippen molar-refractivity contribution in [2.75, 3.05) is 25.1 Å². The van der Waals surface area contributed by atoms with Gasteiger partial charge in [-0.15, -0.1) is 0 Å². The van der Waals surface area contributed by atoms with Crippen molar-refractivity contribution in [3.05, 3.63) is 70.9 Å². The maximum Gasteiger partial charge on any atom is 0.339 e. The van der Waals surface area contributed by atoms with Crippen LogP contribution in [0.3, 0.4) is 0 Å². The van der Waals surface area contributed by atoms with E-state index in [1.807, 2.05) is 6.07 Å². The Bertz CT molecular complexity index is 1220. The minimum atomic E-state index is -0.677. The molecule has 0 aliphatic carbocycles. The molecule has 0 saturated heterocycles. The maximum atomic E-state index is 12.6. The lowest BCUT2D eigenvalue weighted by molar-refractivity contribution is -0.119. The van der Waals surface area contributed by atoms with Gasteiger partial charge < -0.3 is 19.5 Å². The molecule has 1 N–H and O–H groups in total. The van der Waals surface area contributed by atoms with Gasteiger partial charge in [0.25, 0.3) is 5.91 Å². The summed E-state index contributed by atoms with van der Waals surface area (Å²) < 4.78 is 15.1. The van der Waals surface area contributed by atoms with Crippen LogP contribution in [0.1, 0.15) is 50.6 Å². The van der Waals surface area contributed by atoms with E-state index in [0.717, 1.165) is 0 Å². The van der Waals surface area contributed by atoms with Gasteiger partial charge in [-0.3, -0.25) is 9.78 Å². The molecular formula is C25H24N2O7. The van der Waals surface area contributed by atoms with Gasteiger partial charge in [-0.05, 0) is 51.1 Å². The van der Waals surface area contributed by atoms with Gasteiger partial charge in [0.2, 0.25) is 0 Å². The first kappa shape index (κ1) is 24.4. The van der Waals surface area contributed by atoms with Gasteiger partial charge in [0.05, 0.1) is 35.4 Å². The fourth-order valence-corrected chi connectivity index (χ4v) is 3.25. The third kappa shape index (κ3) is 5.94. The Morgan fingerprint density at radius 1 is 0.824 bits per heavy atom. The van der Waals surface area contributed by atoms with Crippen molar-refractivity contribution < 1.29 is 33.4 Å². The second-order valence-corrected chi connectivity index (χ2v) is 7.19. The number of fused-ring (bicyclic) bond motifs is 1. The molecule has 1 amide bonds. The molecule has 0 bridgehead atoms. The summed E-state index contributed by atoms with van der Waals surface area (Å²) in [4.78, 5) is 53.8. The number of nitrogens with one attached hydrogen (secondary N) is 1. The van der Waals surface area contributed by atoms with Gasteiger partial charge in [-0.1, -0.05) is 18.2 Å². The lowest BCUT2D eigenvalue weighted by Crippen LogP contribution is -2.22. The van der Waals surface area contributed by atoms with Crippen LogP contribution in [0.15, 0.2) is 48.5 Å². The number of aromatic nitrogens is 1. The Labute approximate surface area is 196 Å². The summed E-state index contributed by atoms with van der Waals surface area (Å²) in [7, 11) is 0. The number of carbonyl (C=O) groups excluding carboxylic acids is 4. The van der Waals surface area contributed by atoms with E-state index < -0.39 is 30.4 Å². The molecule has 0 aliphatic heterocycles. The topological polar surface area (TPSA) is 121 Å². The number of rotatable bonds is 8. The number of amides is 1. The molecular weight excluding hydrogens is 440 g/mol. The highest BCUT2D eigenvalue weighted by Crippen LogP contribution is 2.20. The van der Waals surface area contributed by atoms with Crippen LogP contribution >= 0.6 is 0 Å². The van der Waals surface area contributed by atoms with Crippen molar-refractivity contribution in [2.45, 2.75) is 20.8 Å². The number of hydrogen-bond acceptors (Lipinski definition) is 8. The Morgan fingerprint density at radius 3 is 2.06 bits per heavy atom. The normalized spacial score (nSPS) is 10.4. The predicted molar refractivity (Wildman–Crippen MR) is 124 cm³/mol. The van der Waals surface area contributed by atoms with E-state index in [1.165, 1.54) is 18.2 Å². The zero-order valence-electron chi connectivity index (χ0n) is 19.0. The third-order valence-electron chi connectivity index (χ3n) is 4.64. The van der Waals surface area contributed by atoms with Crippen LogP contribution in [0.5, 0.6) is 0 Å². The van der Waals surface area contributed by atoms with Crippen LogP contribution in [0.4, 0.5) is 5.69 Å². The molecule has 176 valence electrons. The van der Waals surface area contributed by atoms with E-state index in [2.05, 4.69) is 10.3 Å². The van der Waals surface area contributed by atoms with Crippen LogP contribution in [-0.2, 0) is 19.0 Å². The highest BCUT2D eigenvalue weighted by molar-refractivity contribution is 6.05. The zero-order valence-corrected chi connectivity index (χ0v) is 19.0. The second kappa shape index (κ2) is 11.0. The number of pyridine rings is 1. The van der Waals surface area contributed by atoms with E-state index in [1.54, 1.807) is 45.0 Å². The number of esters is 3. The Morgan fingerprint density at radius 2 is 1.44 bits per heavy atom. The summed E-state index contributed by atoms with van der Waals surface area (Å²) in [6, 6.07) is 12.8. The molecule has 0 spiro atoms. The summed E-state index contributed by atoms with van der Waals surface area (Å²) in [6.07, 6.45) is 0. The average molecular weight is 464 g/mol. The van der Waals surface area contributed by atoms with Crippen molar-refractivity contribution in [3.8, 4) is 0 Å². The molecule has 3 rings (SSSR count). The van der Waals surface area contributed by atoms with Crippen molar-refractivity contribution in [1.82, 2.24) is 4.98 Å². The summed E-state index contributed by atoms with van der Waals surface area (Å²) in [6.45, 7) is 4.77. The quantitative estimate of drug-likeness (QED) is 0.396. The van der Waals surface area contributed by atoms with Gasteiger partial charge in [-0.25, -0.2) is 14.4 Å². The SMILES string of the molecule is CCOC(=O)c1cc(NC(=O)COC(=O)c2cc(C)nc3ccccc23)cc(C(=O)OCC)c1. The lowest BCUT2D eigenvalue weighted by atomic mass is 10.1. The van der Waals surface area contributed by atoms with E-state index in [-0.39, 0.29) is 30.0 Å². The molecule has 1 heterocycles. The fourth-order valence-electron chi connectivity index (χ4n) is 3.25. The molecule has 3 aromatic rings. The van der Waals surface area contributed by atoms with Crippen molar-refractivity contribution in [1.29, 1.82) is 0 Å². The molecule has 34 heavy (non-hydrogen) atoms. The highest BCUT2D eigenvalue weighted by Gasteiger charge is 2.18. The number of carbonyl (C=O) groups is 4. The number of aryl methyl sites for hydroxylation is 1. The van der Waals surface area contributed by atoms with Crippen LogP contribution in [0, 0.1) is 6.92 Å². The molecule has 9 nitrogen and oxygen atoms in total. The molecule has 2 aromatic carbocycles. The largest absolute Gasteiger partial charge is 0.462 e. The zero-order chi connectivity index (χ0) is 24.7. The van der Waals surface area contributed by atoms with Gasteiger partial charge in [0.1, 0.15) is 0 Å². The molecule has 0 fully saturated rings. The van der Waals surface area contributed by atoms with Gasteiger partial charge in [0, 0.05) is 16.8 Å². The minimum absolute atomic E-state index is 0.0680. The van der Waals surface area contributed by atoms with Crippen LogP contribution in [0.2, 0.25) is 0 Å². The van der Waals surface area contributed by atoms with Crippen molar-refractivity contribution >= 4 is 40.4 Å². The standard InChI is InChI=1S/C25H24N2O7/c1-4-32-23(29)16-11-17(24(30)33-5-2)13-18(12-16)27-22(28)14-34-25(31)20-10-15(3)26-21-9-7-6-8-19(20)21/h6-13H,4-5,14H2,1-3H3,(H,27,28). The monoisotopic (exact) mass is 464 g/mol. The van der Waals surface area contributed by atoms with E-state index in [0.29, 0.717) is 22.2 Å². The van der Waals surface area contributed by atoms with Gasteiger partial charge in [0.15, 0.2) is 6.61 Å². The van der Waals surface area contributed by atoms with E-state index in [9.17, 15) is 19.2 Å². The summed E-state index contributed by atoms with van der Waals surface area (Å²) in [5, 5.41) is 3.14. The smallest absolute Gasteiger partial charge is 0.339 e. The lowest BCUT2D eigenvalue weighted by Gasteiger charge is -2.11. The molecule has 0 unspecified atom stereocenters. The van der Waals surface area contributed by atoms with Gasteiger partial charge >= 0.3 is 17.9 Å². The van der Waals surface area contributed by atoms with Gasteiger partial charge in [-0.2, -0.15) is 0 Å². The molecule has 0 saturated carbocycles. The second-order valence-electron chi connectivity index (χ2n) is 7.19. The summed E-state index contributed by atoms with van der Waals surface area (Å²) in [5.41, 5.74) is 1.86. The Balaban J connectivity index is 1.75. The molecule has 0 atom stereocenters.